The molecule has 7 heteroatoms. The fourth-order valence-electron chi connectivity index (χ4n) is 2.25. The molecule has 2 rings (SSSR count). The second-order valence-corrected chi connectivity index (χ2v) is 6.50. The van der Waals surface area contributed by atoms with Crippen molar-refractivity contribution >= 4 is 28.6 Å². The lowest BCUT2D eigenvalue weighted by atomic mass is 10.2. The Bertz CT molecular complexity index is 728. The zero-order chi connectivity index (χ0) is 18.1. The molecule has 0 aliphatic carbocycles. The van der Waals surface area contributed by atoms with Crippen LogP contribution in [0, 0.1) is 0 Å². The largest absolute Gasteiger partial charge is 0.493 e. The zero-order valence-corrected chi connectivity index (χ0v) is 15.4. The number of amides is 1. The molecule has 0 unspecified atom stereocenters. The lowest BCUT2D eigenvalue weighted by Gasteiger charge is -2.08. The lowest BCUT2D eigenvalue weighted by Crippen LogP contribution is -2.17. The minimum Gasteiger partial charge on any atom is -0.493 e. The summed E-state index contributed by atoms with van der Waals surface area (Å²) in [6.45, 7) is 4.76. The topological polar surface area (TPSA) is 89.6 Å². The van der Waals surface area contributed by atoms with Crippen molar-refractivity contribution in [3.05, 3.63) is 40.4 Å². The molecule has 0 saturated heterocycles. The third kappa shape index (κ3) is 5.56. The van der Waals surface area contributed by atoms with Crippen molar-refractivity contribution in [1.82, 2.24) is 10.4 Å². The summed E-state index contributed by atoms with van der Waals surface area (Å²) in [5, 5.41) is 4.43. The molecule has 6 nitrogen and oxygen atoms in total. The molecule has 1 aromatic carbocycles. The van der Waals surface area contributed by atoms with E-state index in [1.54, 1.807) is 6.21 Å². The van der Waals surface area contributed by atoms with Gasteiger partial charge in [-0.3, -0.25) is 4.79 Å². The normalized spacial score (nSPS) is 11.0. The first kappa shape index (κ1) is 18.9. The summed E-state index contributed by atoms with van der Waals surface area (Å²) in [7, 11) is 0. The van der Waals surface area contributed by atoms with Gasteiger partial charge in [-0.2, -0.15) is 5.10 Å². The van der Waals surface area contributed by atoms with Crippen LogP contribution in [0.15, 0.2) is 29.4 Å². The molecular weight excluding hydrogens is 336 g/mol. The second-order valence-electron chi connectivity index (χ2n) is 5.47. The maximum atomic E-state index is 12.2. The Morgan fingerprint density at radius 2 is 2.16 bits per heavy atom. The van der Waals surface area contributed by atoms with E-state index in [0.29, 0.717) is 28.7 Å². The van der Waals surface area contributed by atoms with E-state index in [1.807, 2.05) is 31.2 Å². The van der Waals surface area contributed by atoms with Crippen molar-refractivity contribution in [2.24, 2.45) is 5.10 Å². The van der Waals surface area contributed by atoms with Crippen molar-refractivity contribution in [2.75, 3.05) is 12.3 Å². The van der Waals surface area contributed by atoms with Crippen molar-refractivity contribution in [3.63, 3.8) is 0 Å². The highest BCUT2D eigenvalue weighted by atomic mass is 32.1. The van der Waals surface area contributed by atoms with E-state index in [9.17, 15) is 4.79 Å². The van der Waals surface area contributed by atoms with Crippen LogP contribution in [-0.4, -0.2) is 23.7 Å². The molecule has 0 atom stereocenters. The van der Waals surface area contributed by atoms with E-state index in [1.165, 1.54) is 11.3 Å². The molecule has 0 bridgehead atoms. The fraction of sp³-hybridized carbons (Fsp3) is 0.389. The molecule has 134 valence electrons. The van der Waals surface area contributed by atoms with Gasteiger partial charge in [0, 0.05) is 5.56 Å². The molecule has 0 spiro atoms. The van der Waals surface area contributed by atoms with Gasteiger partial charge in [-0.25, -0.2) is 10.4 Å². The van der Waals surface area contributed by atoms with Crippen molar-refractivity contribution in [3.8, 4) is 5.75 Å². The molecule has 1 aromatic heterocycles. The molecule has 0 fully saturated rings. The van der Waals surface area contributed by atoms with E-state index in [4.69, 9.17) is 10.5 Å². The predicted molar refractivity (Wildman–Crippen MR) is 102 cm³/mol. The number of para-hydroxylation sites is 1. The van der Waals surface area contributed by atoms with Crippen LogP contribution in [0.5, 0.6) is 5.75 Å². The summed E-state index contributed by atoms with van der Waals surface area (Å²) in [4.78, 5) is 16.9. The van der Waals surface area contributed by atoms with Gasteiger partial charge in [-0.15, -0.1) is 0 Å². The number of nitrogen functional groups attached to an aromatic ring is 1. The smallest absolute Gasteiger partial charge is 0.283 e. The first-order valence-corrected chi connectivity index (χ1v) is 9.27. The SMILES string of the molecule is CCCCCOc1ccccc1/C=N/NC(=O)c1sc(N)nc1CC. The molecule has 0 saturated carbocycles. The number of aryl methyl sites for hydroxylation is 1. The Morgan fingerprint density at radius 1 is 1.36 bits per heavy atom. The van der Waals surface area contributed by atoms with Crippen LogP contribution < -0.4 is 15.9 Å². The van der Waals surface area contributed by atoms with Gasteiger partial charge in [0.25, 0.3) is 5.91 Å². The number of rotatable bonds is 9. The number of nitrogens with zero attached hydrogens (tertiary/aromatic N) is 2. The van der Waals surface area contributed by atoms with E-state index in [-0.39, 0.29) is 5.91 Å². The van der Waals surface area contributed by atoms with Crippen LogP contribution in [0.25, 0.3) is 0 Å². The summed E-state index contributed by atoms with van der Waals surface area (Å²) in [5.41, 5.74) is 9.71. The number of thiazole rings is 1. The maximum absolute atomic E-state index is 12.2. The van der Waals surface area contributed by atoms with Crippen molar-refractivity contribution in [1.29, 1.82) is 0 Å². The van der Waals surface area contributed by atoms with Crippen LogP contribution in [0.2, 0.25) is 0 Å². The van der Waals surface area contributed by atoms with Crippen LogP contribution in [-0.2, 0) is 6.42 Å². The summed E-state index contributed by atoms with van der Waals surface area (Å²) in [5.74, 6) is 0.455. The third-order valence-corrected chi connectivity index (χ3v) is 4.47. The first-order chi connectivity index (χ1) is 12.2. The Balaban J connectivity index is 1.98. The average Bonchev–Trinajstić information content (AvgIpc) is 3.01. The summed E-state index contributed by atoms with van der Waals surface area (Å²) < 4.78 is 5.79. The van der Waals surface area contributed by atoms with Gasteiger partial charge in [-0.1, -0.05) is 50.2 Å². The average molecular weight is 360 g/mol. The number of nitrogens with two attached hydrogens (primary N) is 1. The molecule has 1 amide bonds. The Kier molecular flexibility index (Phi) is 7.40. The Morgan fingerprint density at radius 3 is 2.92 bits per heavy atom. The quantitative estimate of drug-likeness (QED) is 0.406. The highest BCUT2D eigenvalue weighted by molar-refractivity contribution is 7.17. The minimum atomic E-state index is -0.302. The molecule has 0 aliphatic rings. The Hall–Kier alpha value is -2.41. The summed E-state index contributed by atoms with van der Waals surface area (Å²) in [6, 6.07) is 7.61. The number of nitrogens with one attached hydrogen (secondary N) is 1. The number of hydrazone groups is 1. The molecule has 25 heavy (non-hydrogen) atoms. The number of benzene rings is 1. The fourth-order valence-corrected chi connectivity index (χ4v) is 3.06. The molecule has 0 aliphatic heterocycles. The lowest BCUT2D eigenvalue weighted by molar-refractivity contribution is 0.0958. The van der Waals surface area contributed by atoms with E-state index >= 15 is 0 Å². The van der Waals surface area contributed by atoms with Crippen molar-refractivity contribution < 1.29 is 9.53 Å². The number of ether oxygens (including phenoxy) is 1. The van der Waals surface area contributed by atoms with Crippen LogP contribution in [0.1, 0.15) is 54.0 Å². The molecular formula is C18H24N4O2S. The van der Waals surface area contributed by atoms with Crippen LogP contribution >= 0.6 is 11.3 Å². The van der Waals surface area contributed by atoms with Crippen LogP contribution in [0.3, 0.4) is 0 Å². The van der Waals surface area contributed by atoms with Crippen LogP contribution in [0.4, 0.5) is 5.13 Å². The third-order valence-electron chi connectivity index (χ3n) is 3.55. The highest BCUT2D eigenvalue weighted by Gasteiger charge is 2.15. The van der Waals surface area contributed by atoms with E-state index < -0.39 is 0 Å². The predicted octanol–water partition coefficient (Wildman–Crippen LogP) is 3.62. The zero-order valence-electron chi connectivity index (χ0n) is 14.6. The number of hydrogen-bond donors (Lipinski definition) is 2. The monoisotopic (exact) mass is 360 g/mol. The summed E-state index contributed by atoms with van der Waals surface area (Å²) >= 11 is 1.17. The molecule has 2 aromatic rings. The van der Waals surface area contributed by atoms with Gasteiger partial charge < -0.3 is 10.5 Å². The molecule has 1 heterocycles. The minimum absolute atomic E-state index is 0.302. The summed E-state index contributed by atoms with van der Waals surface area (Å²) in [6.07, 6.45) is 5.55. The van der Waals surface area contributed by atoms with Gasteiger partial charge in [-0.05, 0) is 25.0 Å². The van der Waals surface area contributed by atoms with Gasteiger partial charge in [0.15, 0.2) is 5.13 Å². The highest BCUT2D eigenvalue weighted by Crippen LogP contribution is 2.21. The van der Waals surface area contributed by atoms with Gasteiger partial charge in [0.1, 0.15) is 10.6 Å². The number of hydrogen-bond acceptors (Lipinski definition) is 6. The Labute approximate surface area is 152 Å². The first-order valence-electron chi connectivity index (χ1n) is 8.46. The van der Waals surface area contributed by atoms with E-state index in [2.05, 4.69) is 22.4 Å². The number of carbonyl (C=O) groups is 1. The standard InChI is InChI=1S/C18H24N4O2S/c1-3-5-8-11-24-15-10-7-6-9-13(15)12-20-22-17(23)16-14(4-2)21-18(19)25-16/h6-7,9-10,12H,3-5,8,11H2,1-2H3,(H2,19,21)(H,22,23)/b20-12+. The van der Waals surface area contributed by atoms with Crippen molar-refractivity contribution in [2.45, 2.75) is 39.5 Å². The number of carbonyl (C=O) groups excluding carboxylic acids is 1. The number of aromatic nitrogens is 1. The number of unbranched alkanes of at least 4 members (excludes halogenated alkanes) is 2. The molecule has 0 radical (unpaired) electrons. The maximum Gasteiger partial charge on any atom is 0.283 e. The van der Waals surface area contributed by atoms with Gasteiger partial charge in [0.2, 0.25) is 0 Å². The van der Waals surface area contributed by atoms with Gasteiger partial charge in [0.05, 0.1) is 18.5 Å². The number of anilines is 1. The van der Waals surface area contributed by atoms with Gasteiger partial charge >= 0.3 is 0 Å². The second kappa shape index (κ2) is 9.78. The molecule has 3 N–H and O–H groups in total. The van der Waals surface area contributed by atoms with E-state index in [0.717, 1.165) is 30.6 Å².